The molecule has 0 atom stereocenters. The van der Waals surface area contributed by atoms with E-state index in [1.807, 2.05) is 0 Å². The van der Waals surface area contributed by atoms with Gasteiger partial charge in [-0.05, 0) is 0 Å². The Morgan fingerprint density at radius 2 is 0.659 bits per heavy atom. The van der Waals surface area contributed by atoms with Crippen LogP contribution in [0.5, 0.6) is 46.0 Å². The number of hydrogen-bond acceptors (Lipinski definition) is 15. The van der Waals surface area contributed by atoms with E-state index >= 15 is 0 Å². The molecule has 2 aromatic carbocycles. The molecule has 0 bridgehead atoms. The number of benzene rings is 2. The van der Waals surface area contributed by atoms with Gasteiger partial charge in [-0.3, -0.25) is 48.6 Å². The number of ether oxygens (including phenoxy) is 1. The highest BCUT2D eigenvalue weighted by Crippen LogP contribution is 2.54. The second-order valence-corrected chi connectivity index (χ2v) is 9.00. The molecule has 2 N–H and O–H groups in total. The van der Waals surface area contributed by atoms with Crippen LogP contribution in [0.15, 0.2) is 9.79 Å². The number of rotatable bonds is 12. The molecule has 0 spiro atoms. The number of carbonyl (C=O) groups excluding carboxylic acids is 2. The molecule has 41 heavy (non-hydrogen) atoms. The van der Waals surface area contributed by atoms with Gasteiger partial charge in [-0.25, -0.2) is 9.59 Å². The maximum Gasteiger partial charge on any atom is 0.351 e. The largest absolute Gasteiger partial charge is 0.385 e. The zero-order chi connectivity index (χ0) is 31.4. The summed E-state index contributed by atoms with van der Waals surface area (Å²) < 4.78 is 174. The quantitative estimate of drug-likeness (QED) is 0.144. The molecule has 2 rings (SSSR count). The van der Waals surface area contributed by atoms with E-state index < -0.39 is 99.1 Å². The summed E-state index contributed by atoms with van der Waals surface area (Å²) in [6.07, 6.45) is 0. The topological polar surface area (TPSA) is 226 Å². The lowest BCUT2D eigenvalue weighted by atomic mass is 10.1. The molecular weight excluding hydrogens is 656 g/mol. The van der Waals surface area contributed by atoms with Gasteiger partial charge in [-0.1, -0.05) is 0 Å². The van der Waals surface area contributed by atoms with Crippen molar-refractivity contribution in [3.05, 3.63) is 11.1 Å². The average Bonchev–Trinajstić information content (AvgIpc) is 2.91. The Kier molecular flexibility index (Phi) is 9.64. The van der Waals surface area contributed by atoms with Crippen molar-refractivity contribution in [2.75, 3.05) is 0 Å². The van der Waals surface area contributed by atoms with Crippen LogP contribution in [0.4, 0.5) is 36.2 Å². The third-order valence-electron chi connectivity index (χ3n) is 4.28. The van der Waals surface area contributed by atoms with E-state index in [4.69, 9.17) is 0 Å². The Bertz CT molecular complexity index is 1480. The van der Waals surface area contributed by atoms with Crippen LogP contribution in [0.3, 0.4) is 0 Å². The third-order valence-corrected chi connectivity index (χ3v) is 6.10. The Morgan fingerprint density at radius 3 is 0.854 bits per heavy atom. The Hall–Kier alpha value is -4.76. The lowest BCUT2D eigenvalue weighted by Crippen LogP contribution is -2.21. The molecule has 0 radical (unpaired) electrons. The van der Waals surface area contributed by atoms with Crippen molar-refractivity contribution >= 4 is 32.2 Å². The van der Waals surface area contributed by atoms with Crippen molar-refractivity contribution in [2.45, 2.75) is 9.79 Å². The Balaban J connectivity index is 3.03. The normalized spacial score (nSPS) is 11.3. The molecule has 17 nitrogen and oxygen atoms in total. The van der Waals surface area contributed by atoms with Gasteiger partial charge in [-0.2, -0.15) is 16.8 Å². The maximum atomic E-state index is 13.2. The molecule has 0 aliphatic carbocycles. The lowest BCUT2D eigenvalue weighted by Gasteiger charge is -2.16. The Morgan fingerprint density at radius 1 is 0.439 bits per heavy atom. The van der Waals surface area contributed by atoms with Crippen molar-refractivity contribution in [3.8, 4) is 46.0 Å². The fourth-order valence-corrected chi connectivity index (χ4v) is 4.48. The summed E-state index contributed by atoms with van der Waals surface area (Å²) in [5.41, 5.74) is -4.87. The molecule has 0 saturated carbocycles. The van der Waals surface area contributed by atoms with Gasteiger partial charge in [0.1, 0.15) is 11.1 Å². The first-order chi connectivity index (χ1) is 19.1. The van der Waals surface area contributed by atoms with Crippen molar-refractivity contribution in [2.24, 2.45) is 0 Å². The number of halogens is 8. The lowest BCUT2D eigenvalue weighted by molar-refractivity contribution is -0.0686. The van der Waals surface area contributed by atoms with E-state index in [9.17, 15) is 71.7 Å². The first kappa shape index (κ1) is 32.5. The molecule has 0 saturated heterocycles. The van der Waals surface area contributed by atoms with Crippen LogP contribution < -0.4 is 39.5 Å². The number of carbonyl (C=O) groups is 2. The van der Waals surface area contributed by atoms with E-state index in [-0.39, 0.29) is 0 Å². The zero-order valence-electron chi connectivity index (χ0n) is 17.9. The van der Waals surface area contributed by atoms with Crippen LogP contribution in [0.2, 0.25) is 0 Å². The second-order valence-electron chi connectivity index (χ2n) is 6.29. The van der Waals surface area contributed by atoms with E-state index in [0.717, 1.165) is 0 Å². The Labute approximate surface area is 215 Å². The first-order valence-electron chi connectivity index (χ1n) is 8.62. The van der Waals surface area contributed by atoms with Crippen LogP contribution in [0.1, 0.15) is 20.7 Å². The van der Waals surface area contributed by atoms with Gasteiger partial charge in [0.25, 0.3) is 43.2 Å². The summed E-state index contributed by atoms with van der Waals surface area (Å²) in [5, 5.41) is 0. The molecule has 0 aliphatic heterocycles. The average molecular weight is 658 g/mol. The van der Waals surface area contributed by atoms with E-state index in [1.165, 1.54) is 0 Å². The highest BCUT2D eigenvalue weighted by molar-refractivity contribution is 7.86. The van der Waals surface area contributed by atoms with Gasteiger partial charge >= 0.3 is 11.9 Å². The summed E-state index contributed by atoms with van der Waals surface area (Å²) in [6, 6.07) is 0. The molecule has 228 valence electrons. The van der Waals surface area contributed by atoms with Crippen LogP contribution in [0, 0.1) is 0 Å². The first-order valence-corrected chi connectivity index (χ1v) is 11.5. The summed E-state index contributed by atoms with van der Waals surface area (Å²) in [7, 11) is -12.5. The summed E-state index contributed by atoms with van der Waals surface area (Å²) in [4.78, 5) is 42.9. The fourth-order valence-electron chi connectivity index (χ4n) is 2.90. The molecule has 0 heterocycles. The van der Waals surface area contributed by atoms with Crippen LogP contribution in [-0.2, 0) is 25.0 Å². The van der Waals surface area contributed by atoms with Gasteiger partial charge in [-0.15, -0.1) is 0 Å². The molecule has 0 amide bonds. The minimum absolute atomic E-state index is 2.25. The molecule has 0 aromatic heterocycles. The van der Waals surface area contributed by atoms with Gasteiger partial charge in [0.2, 0.25) is 23.0 Å². The van der Waals surface area contributed by atoms with Gasteiger partial charge in [0.15, 0.2) is 9.79 Å². The summed E-state index contributed by atoms with van der Waals surface area (Å²) >= 11 is 0. The van der Waals surface area contributed by atoms with E-state index in [1.54, 1.807) is 0 Å². The molecule has 27 heteroatoms. The summed E-state index contributed by atoms with van der Waals surface area (Å²) in [5.74, 6) is -24.4. The van der Waals surface area contributed by atoms with E-state index in [0.29, 0.717) is 0 Å². The summed E-state index contributed by atoms with van der Waals surface area (Å²) in [6.45, 7) is 0. The minimum Gasteiger partial charge on any atom is -0.385 e. The van der Waals surface area contributed by atoms with Crippen molar-refractivity contribution in [1.82, 2.24) is 0 Å². The number of hydrogen-bond donors (Lipinski definition) is 2. The van der Waals surface area contributed by atoms with Gasteiger partial charge < -0.3 is 4.74 Å². The van der Waals surface area contributed by atoms with Crippen molar-refractivity contribution in [3.63, 3.8) is 0 Å². The second kappa shape index (κ2) is 12.2. The standard InChI is InChI=1S/C14H2F8O17S2/c15-32-3-1(11(40(25,26)27)9(38-21)7(36-19)5(3)34-17)13(23)31-14(24)2-4(33-16)6(35-18)8(37-20)10(39-22)12(2)41(28,29)30/h(H,25,26,27)(H,28,29,30). The van der Waals surface area contributed by atoms with Crippen LogP contribution >= 0.6 is 0 Å². The molecule has 0 fully saturated rings. The molecular formula is C14H2F8O17S2. The maximum absolute atomic E-state index is 13.2. The minimum atomic E-state index is -6.25. The third kappa shape index (κ3) is 5.62. The highest BCUT2D eigenvalue weighted by Gasteiger charge is 2.45. The number of esters is 2. The van der Waals surface area contributed by atoms with Crippen molar-refractivity contribution < 1.29 is 116 Å². The van der Waals surface area contributed by atoms with Gasteiger partial charge in [0.05, 0.1) is 0 Å². The van der Waals surface area contributed by atoms with Crippen molar-refractivity contribution in [1.29, 1.82) is 0 Å². The zero-order valence-corrected chi connectivity index (χ0v) is 19.5. The molecule has 0 unspecified atom stereocenters. The van der Waals surface area contributed by atoms with Crippen LogP contribution in [0.25, 0.3) is 0 Å². The monoisotopic (exact) mass is 658 g/mol. The smallest absolute Gasteiger partial charge is 0.351 e. The van der Waals surface area contributed by atoms with Crippen LogP contribution in [-0.4, -0.2) is 37.9 Å². The SMILES string of the molecule is O=C(OC(=O)c1c(OF)c(OF)c(OF)c(OF)c1S(=O)(=O)O)c1c(OF)c(OF)c(OF)c(OF)c1S(=O)(=O)O. The highest BCUT2D eigenvalue weighted by atomic mass is 32.2. The van der Waals surface area contributed by atoms with Gasteiger partial charge in [0, 0.05) is 36.2 Å². The molecule has 0 aliphatic rings. The predicted octanol–water partition coefficient (Wildman–Crippen LogP) is 3.28. The molecule has 2 aromatic rings. The van der Waals surface area contributed by atoms with E-state index in [2.05, 4.69) is 44.3 Å². The predicted molar refractivity (Wildman–Crippen MR) is 96.1 cm³/mol. The fraction of sp³-hybridized carbons (Fsp3) is 0.